The van der Waals surface area contributed by atoms with E-state index in [2.05, 4.69) is 26.2 Å². The molecule has 0 aliphatic heterocycles. The molecule has 2 aromatic rings. The summed E-state index contributed by atoms with van der Waals surface area (Å²) in [4.78, 5) is 3.99. The largest absolute Gasteiger partial charge is 0.392 e. The van der Waals surface area contributed by atoms with E-state index in [4.69, 9.17) is 0 Å². The molecule has 0 saturated carbocycles. The molecular formula is C13H12BrFN2O. The second kappa shape index (κ2) is 5.93. The van der Waals surface area contributed by atoms with Gasteiger partial charge in [0.05, 0.1) is 18.5 Å². The van der Waals surface area contributed by atoms with Crippen molar-refractivity contribution in [3.63, 3.8) is 0 Å². The third-order valence-corrected chi connectivity index (χ3v) is 3.33. The van der Waals surface area contributed by atoms with Gasteiger partial charge in [0.2, 0.25) is 0 Å². The van der Waals surface area contributed by atoms with Crippen LogP contribution in [0.3, 0.4) is 0 Å². The van der Waals surface area contributed by atoms with E-state index < -0.39 is 0 Å². The number of pyridine rings is 1. The molecule has 1 aromatic heterocycles. The highest BCUT2D eigenvalue weighted by atomic mass is 79.9. The fourth-order valence-corrected chi connectivity index (χ4v) is 1.98. The number of hydrogen-bond donors (Lipinski definition) is 2. The summed E-state index contributed by atoms with van der Waals surface area (Å²) in [5.74, 6) is -0.274. The molecule has 0 saturated heterocycles. The predicted molar refractivity (Wildman–Crippen MR) is 71.6 cm³/mol. The molecule has 0 aliphatic rings. The van der Waals surface area contributed by atoms with Crippen LogP contribution in [0.4, 0.5) is 10.1 Å². The monoisotopic (exact) mass is 310 g/mol. The average molecular weight is 311 g/mol. The minimum Gasteiger partial charge on any atom is -0.392 e. The summed E-state index contributed by atoms with van der Waals surface area (Å²) in [6.45, 7) is 0.395. The lowest BCUT2D eigenvalue weighted by atomic mass is 10.2. The summed E-state index contributed by atoms with van der Waals surface area (Å²) < 4.78 is 14.0. The Balaban J connectivity index is 2.14. The summed E-state index contributed by atoms with van der Waals surface area (Å²) in [5, 5.41) is 12.3. The van der Waals surface area contributed by atoms with Crippen LogP contribution in [0.5, 0.6) is 0 Å². The molecule has 2 rings (SSSR count). The molecule has 2 N–H and O–H groups in total. The number of halogens is 2. The molecular weight excluding hydrogens is 299 g/mol. The minimum atomic E-state index is -0.274. The summed E-state index contributed by atoms with van der Waals surface area (Å²) in [5.41, 5.74) is 2.32. The third kappa shape index (κ3) is 3.05. The molecule has 1 aromatic carbocycles. The van der Waals surface area contributed by atoms with Crippen molar-refractivity contribution in [1.29, 1.82) is 0 Å². The lowest BCUT2D eigenvalue weighted by molar-refractivity contribution is 0.282. The first-order chi connectivity index (χ1) is 8.70. The highest BCUT2D eigenvalue weighted by molar-refractivity contribution is 9.10. The SMILES string of the molecule is OCc1ccncc1NCc1cc(F)ccc1Br. The molecule has 1 heterocycles. The second-order valence-corrected chi connectivity index (χ2v) is 4.63. The zero-order valence-electron chi connectivity index (χ0n) is 9.53. The summed E-state index contributed by atoms with van der Waals surface area (Å²) in [6, 6.07) is 6.27. The van der Waals surface area contributed by atoms with Gasteiger partial charge in [0.1, 0.15) is 5.82 Å². The van der Waals surface area contributed by atoms with Gasteiger partial charge in [-0.15, -0.1) is 0 Å². The quantitative estimate of drug-likeness (QED) is 0.912. The van der Waals surface area contributed by atoms with Crippen molar-refractivity contribution in [2.24, 2.45) is 0 Å². The van der Waals surface area contributed by atoms with Crippen molar-refractivity contribution in [2.45, 2.75) is 13.2 Å². The van der Waals surface area contributed by atoms with E-state index in [1.807, 2.05) is 0 Å². The normalized spacial score (nSPS) is 10.4. The first-order valence-corrected chi connectivity index (χ1v) is 6.21. The van der Waals surface area contributed by atoms with Crippen molar-refractivity contribution < 1.29 is 9.50 Å². The van der Waals surface area contributed by atoms with Crippen molar-refractivity contribution in [2.75, 3.05) is 5.32 Å². The number of nitrogens with zero attached hydrogens (tertiary/aromatic N) is 1. The zero-order valence-corrected chi connectivity index (χ0v) is 11.1. The minimum absolute atomic E-state index is 0.0603. The Morgan fingerprint density at radius 2 is 2.11 bits per heavy atom. The van der Waals surface area contributed by atoms with E-state index in [-0.39, 0.29) is 12.4 Å². The highest BCUT2D eigenvalue weighted by Crippen LogP contribution is 2.20. The molecule has 0 amide bonds. The number of hydrogen-bond acceptors (Lipinski definition) is 3. The van der Waals surface area contributed by atoms with E-state index in [1.54, 1.807) is 24.5 Å². The van der Waals surface area contributed by atoms with Crippen molar-refractivity contribution in [3.05, 3.63) is 58.1 Å². The van der Waals surface area contributed by atoms with Gasteiger partial charge >= 0.3 is 0 Å². The van der Waals surface area contributed by atoms with Gasteiger partial charge in [0, 0.05) is 22.8 Å². The van der Waals surface area contributed by atoms with Crippen molar-refractivity contribution >= 4 is 21.6 Å². The Hall–Kier alpha value is -1.46. The number of aliphatic hydroxyl groups is 1. The number of aromatic nitrogens is 1. The Bertz CT molecular complexity index is 548. The van der Waals surface area contributed by atoms with Crippen LogP contribution in [0, 0.1) is 5.82 Å². The predicted octanol–water partition coefficient (Wildman–Crippen LogP) is 3.09. The van der Waals surface area contributed by atoms with Gasteiger partial charge in [-0.25, -0.2) is 4.39 Å². The van der Waals surface area contributed by atoms with Crippen LogP contribution >= 0.6 is 15.9 Å². The van der Waals surface area contributed by atoms with Gasteiger partial charge < -0.3 is 10.4 Å². The lowest BCUT2D eigenvalue weighted by Crippen LogP contribution is -2.04. The molecule has 18 heavy (non-hydrogen) atoms. The Labute approximate surface area is 113 Å². The summed E-state index contributed by atoms with van der Waals surface area (Å²) in [7, 11) is 0. The maximum Gasteiger partial charge on any atom is 0.123 e. The average Bonchev–Trinajstić information content (AvgIpc) is 2.40. The molecule has 0 aliphatic carbocycles. The third-order valence-electron chi connectivity index (χ3n) is 2.56. The Morgan fingerprint density at radius 1 is 1.28 bits per heavy atom. The van der Waals surface area contributed by atoms with Crippen LogP contribution in [0.25, 0.3) is 0 Å². The molecule has 5 heteroatoms. The zero-order chi connectivity index (χ0) is 13.0. The number of benzene rings is 1. The van der Waals surface area contributed by atoms with Gasteiger partial charge in [-0.2, -0.15) is 0 Å². The standard InChI is InChI=1S/C13H12BrFN2O/c14-12-2-1-11(15)5-10(12)6-17-13-7-16-4-3-9(13)8-18/h1-5,7,17-18H,6,8H2. The number of rotatable bonds is 4. The fraction of sp³-hybridized carbons (Fsp3) is 0.154. The van der Waals surface area contributed by atoms with Gasteiger partial charge in [-0.1, -0.05) is 15.9 Å². The highest BCUT2D eigenvalue weighted by Gasteiger charge is 2.04. The fourth-order valence-electron chi connectivity index (χ4n) is 1.59. The maximum atomic E-state index is 13.1. The molecule has 0 spiro atoms. The van der Waals surface area contributed by atoms with Crippen LogP contribution in [0.15, 0.2) is 41.1 Å². The van der Waals surface area contributed by atoms with Crippen LogP contribution in [-0.2, 0) is 13.2 Å². The Morgan fingerprint density at radius 3 is 2.89 bits per heavy atom. The van der Waals surface area contributed by atoms with Crippen molar-refractivity contribution in [3.8, 4) is 0 Å². The topological polar surface area (TPSA) is 45.2 Å². The Kier molecular flexibility index (Phi) is 4.28. The van der Waals surface area contributed by atoms with E-state index >= 15 is 0 Å². The lowest BCUT2D eigenvalue weighted by Gasteiger charge is -2.11. The van der Waals surface area contributed by atoms with Gasteiger partial charge in [0.15, 0.2) is 0 Å². The second-order valence-electron chi connectivity index (χ2n) is 3.78. The molecule has 0 radical (unpaired) electrons. The van der Waals surface area contributed by atoms with E-state index in [0.717, 1.165) is 21.3 Å². The van der Waals surface area contributed by atoms with Gasteiger partial charge in [0.25, 0.3) is 0 Å². The van der Waals surface area contributed by atoms with Crippen LogP contribution in [-0.4, -0.2) is 10.1 Å². The summed E-state index contributed by atoms with van der Waals surface area (Å²) in [6.07, 6.45) is 3.26. The number of aliphatic hydroxyl groups excluding tert-OH is 1. The maximum absolute atomic E-state index is 13.1. The van der Waals surface area contributed by atoms with E-state index in [9.17, 15) is 9.50 Å². The van der Waals surface area contributed by atoms with Crippen LogP contribution < -0.4 is 5.32 Å². The van der Waals surface area contributed by atoms with Gasteiger partial charge in [-0.3, -0.25) is 4.98 Å². The number of nitrogens with one attached hydrogen (secondary N) is 1. The molecule has 0 bridgehead atoms. The molecule has 0 fully saturated rings. The first kappa shape index (κ1) is 13.0. The molecule has 94 valence electrons. The molecule has 3 nitrogen and oxygen atoms in total. The first-order valence-electron chi connectivity index (χ1n) is 5.42. The van der Waals surface area contributed by atoms with Gasteiger partial charge in [-0.05, 0) is 29.8 Å². The smallest absolute Gasteiger partial charge is 0.123 e. The van der Waals surface area contributed by atoms with E-state index in [0.29, 0.717) is 6.54 Å². The molecule has 0 atom stereocenters. The molecule has 0 unspecified atom stereocenters. The van der Waals surface area contributed by atoms with Crippen LogP contribution in [0.1, 0.15) is 11.1 Å². The van der Waals surface area contributed by atoms with Crippen LogP contribution in [0.2, 0.25) is 0 Å². The number of anilines is 1. The summed E-state index contributed by atoms with van der Waals surface area (Å²) >= 11 is 3.37. The van der Waals surface area contributed by atoms with E-state index in [1.165, 1.54) is 12.1 Å². The van der Waals surface area contributed by atoms with Crippen molar-refractivity contribution in [1.82, 2.24) is 4.98 Å².